The van der Waals surface area contributed by atoms with Gasteiger partial charge in [-0.3, -0.25) is 14.4 Å². The molecule has 1 atom stereocenters. The molecule has 134 valence electrons. The molecular weight excluding hydrogens is 341 g/mol. The van der Waals surface area contributed by atoms with Crippen molar-refractivity contribution in [3.05, 3.63) is 53.8 Å². The van der Waals surface area contributed by atoms with Gasteiger partial charge in [-0.15, -0.1) is 0 Å². The van der Waals surface area contributed by atoms with Crippen molar-refractivity contribution in [3.8, 4) is 5.75 Å². The van der Waals surface area contributed by atoms with Crippen LogP contribution >= 0.6 is 0 Å². The second-order valence-corrected chi connectivity index (χ2v) is 5.67. The Labute approximate surface area is 148 Å². The SMILES string of the molecule is CC1Oc2ccc(NC(=O)CNC(=O)c3ccccc3F)cc2NC1=O. The van der Waals surface area contributed by atoms with Crippen LogP contribution in [0, 0.1) is 5.82 Å². The van der Waals surface area contributed by atoms with E-state index in [1.807, 2.05) is 0 Å². The quantitative estimate of drug-likeness (QED) is 0.779. The van der Waals surface area contributed by atoms with Gasteiger partial charge in [0, 0.05) is 5.69 Å². The summed E-state index contributed by atoms with van der Waals surface area (Å²) < 4.78 is 18.9. The average molecular weight is 357 g/mol. The second-order valence-electron chi connectivity index (χ2n) is 5.67. The Kier molecular flexibility index (Phi) is 4.83. The lowest BCUT2D eigenvalue weighted by Gasteiger charge is -2.23. The fourth-order valence-corrected chi connectivity index (χ4v) is 2.39. The van der Waals surface area contributed by atoms with Crippen LogP contribution < -0.4 is 20.7 Å². The molecule has 2 aromatic rings. The van der Waals surface area contributed by atoms with E-state index in [0.29, 0.717) is 17.1 Å². The second kappa shape index (κ2) is 7.22. The maximum atomic E-state index is 13.5. The van der Waals surface area contributed by atoms with Crippen molar-refractivity contribution >= 4 is 29.1 Å². The van der Waals surface area contributed by atoms with Crippen LogP contribution in [0.4, 0.5) is 15.8 Å². The third kappa shape index (κ3) is 3.80. The number of fused-ring (bicyclic) bond motifs is 1. The van der Waals surface area contributed by atoms with Crippen LogP contribution in [-0.2, 0) is 9.59 Å². The van der Waals surface area contributed by atoms with Crippen molar-refractivity contribution in [3.63, 3.8) is 0 Å². The lowest BCUT2D eigenvalue weighted by Crippen LogP contribution is -2.34. The topological polar surface area (TPSA) is 96.5 Å². The van der Waals surface area contributed by atoms with Crippen LogP contribution in [0.25, 0.3) is 0 Å². The summed E-state index contributed by atoms with van der Waals surface area (Å²) in [7, 11) is 0. The minimum absolute atomic E-state index is 0.136. The molecule has 1 aliphatic heterocycles. The van der Waals surface area contributed by atoms with Crippen molar-refractivity contribution < 1.29 is 23.5 Å². The minimum Gasteiger partial charge on any atom is -0.479 e. The van der Waals surface area contributed by atoms with E-state index in [1.54, 1.807) is 25.1 Å². The molecule has 2 aromatic carbocycles. The van der Waals surface area contributed by atoms with E-state index in [1.165, 1.54) is 24.3 Å². The highest BCUT2D eigenvalue weighted by atomic mass is 19.1. The van der Waals surface area contributed by atoms with Gasteiger partial charge in [0.05, 0.1) is 17.8 Å². The van der Waals surface area contributed by atoms with E-state index < -0.39 is 23.7 Å². The third-order valence-corrected chi connectivity index (χ3v) is 3.72. The molecule has 7 nitrogen and oxygen atoms in total. The fourth-order valence-electron chi connectivity index (χ4n) is 2.39. The van der Waals surface area contributed by atoms with E-state index >= 15 is 0 Å². The summed E-state index contributed by atoms with van der Waals surface area (Å²) in [5.74, 6) is -1.62. The first-order chi connectivity index (χ1) is 12.4. The fraction of sp³-hybridized carbons (Fsp3) is 0.167. The first-order valence-corrected chi connectivity index (χ1v) is 7.88. The maximum absolute atomic E-state index is 13.5. The number of nitrogens with one attached hydrogen (secondary N) is 3. The standard InChI is InChI=1S/C18H16FN3O4/c1-10-17(24)22-14-8-11(6-7-15(14)26-10)21-16(23)9-20-18(25)12-4-2-3-5-13(12)19/h2-8,10H,9H2,1H3,(H,20,25)(H,21,23)(H,22,24). The molecule has 0 saturated heterocycles. The van der Waals surface area contributed by atoms with Crippen LogP contribution in [0.15, 0.2) is 42.5 Å². The highest BCUT2D eigenvalue weighted by Crippen LogP contribution is 2.32. The highest BCUT2D eigenvalue weighted by molar-refractivity contribution is 6.01. The first-order valence-electron chi connectivity index (χ1n) is 7.88. The Morgan fingerprint density at radius 3 is 2.77 bits per heavy atom. The van der Waals surface area contributed by atoms with E-state index in [9.17, 15) is 18.8 Å². The number of rotatable bonds is 4. The summed E-state index contributed by atoms with van der Waals surface area (Å²) in [5, 5.41) is 7.61. The van der Waals surface area contributed by atoms with Crippen molar-refractivity contribution in [1.29, 1.82) is 0 Å². The summed E-state index contributed by atoms with van der Waals surface area (Å²) in [6.07, 6.45) is -0.587. The van der Waals surface area contributed by atoms with Crippen LogP contribution in [0.3, 0.4) is 0 Å². The molecule has 0 bridgehead atoms. The Balaban J connectivity index is 1.59. The number of anilines is 2. The summed E-state index contributed by atoms with van der Waals surface area (Å²) in [5.41, 5.74) is 0.733. The van der Waals surface area contributed by atoms with E-state index in [2.05, 4.69) is 16.0 Å². The molecule has 26 heavy (non-hydrogen) atoms. The number of hydrogen-bond acceptors (Lipinski definition) is 4. The molecule has 1 unspecified atom stereocenters. The maximum Gasteiger partial charge on any atom is 0.265 e. The lowest BCUT2D eigenvalue weighted by molar-refractivity contribution is -0.122. The summed E-state index contributed by atoms with van der Waals surface area (Å²) in [6, 6.07) is 10.3. The van der Waals surface area contributed by atoms with Crippen LogP contribution in [0.1, 0.15) is 17.3 Å². The van der Waals surface area contributed by atoms with Crippen molar-refractivity contribution in [2.24, 2.45) is 0 Å². The van der Waals surface area contributed by atoms with Crippen LogP contribution in [0.5, 0.6) is 5.75 Å². The molecule has 0 aliphatic carbocycles. The predicted octanol–water partition coefficient (Wildman–Crippen LogP) is 1.91. The first kappa shape index (κ1) is 17.4. The summed E-state index contributed by atoms with van der Waals surface area (Å²) in [4.78, 5) is 35.5. The number of hydrogen-bond donors (Lipinski definition) is 3. The smallest absolute Gasteiger partial charge is 0.265 e. The number of carbonyl (C=O) groups excluding carboxylic acids is 3. The zero-order valence-electron chi connectivity index (χ0n) is 13.8. The van der Waals surface area contributed by atoms with Crippen LogP contribution in [-0.4, -0.2) is 30.4 Å². The molecule has 0 spiro atoms. The number of benzene rings is 2. The summed E-state index contributed by atoms with van der Waals surface area (Å²) in [6.45, 7) is 1.30. The molecule has 0 fully saturated rings. The van der Waals surface area contributed by atoms with Gasteiger partial charge < -0.3 is 20.7 Å². The van der Waals surface area contributed by atoms with Crippen molar-refractivity contribution in [2.45, 2.75) is 13.0 Å². The van der Waals surface area contributed by atoms with Crippen molar-refractivity contribution in [1.82, 2.24) is 5.32 Å². The molecule has 0 aromatic heterocycles. The largest absolute Gasteiger partial charge is 0.479 e. The predicted molar refractivity (Wildman–Crippen MR) is 92.5 cm³/mol. The van der Waals surface area contributed by atoms with Gasteiger partial charge in [0.15, 0.2) is 6.10 Å². The van der Waals surface area contributed by atoms with Gasteiger partial charge in [-0.1, -0.05) is 12.1 Å². The van der Waals surface area contributed by atoms with E-state index in [4.69, 9.17) is 4.74 Å². The molecular formula is C18H16FN3O4. The van der Waals surface area contributed by atoms with Crippen LogP contribution in [0.2, 0.25) is 0 Å². The molecule has 0 saturated carbocycles. The third-order valence-electron chi connectivity index (χ3n) is 3.72. The molecule has 3 rings (SSSR count). The molecule has 1 aliphatic rings. The summed E-state index contributed by atoms with van der Waals surface area (Å²) >= 11 is 0. The number of ether oxygens (including phenoxy) is 1. The average Bonchev–Trinajstić information content (AvgIpc) is 2.61. The zero-order chi connectivity index (χ0) is 18.7. The van der Waals surface area contributed by atoms with E-state index in [-0.39, 0.29) is 18.0 Å². The van der Waals surface area contributed by atoms with Gasteiger partial charge in [-0.25, -0.2) is 4.39 Å². The van der Waals surface area contributed by atoms with Gasteiger partial charge in [-0.2, -0.15) is 0 Å². The number of halogens is 1. The monoisotopic (exact) mass is 357 g/mol. The molecule has 8 heteroatoms. The Morgan fingerprint density at radius 2 is 2.00 bits per heavy atom. The Hall–Kier alpha value is -3.42. The van der Waals surface area contributed by atoms with E-state index in [0.717, 1.165) is 0 Å². The zero-order valence-corrected chi connectivity index (χ0v) is 13.8. The molecule has 3 N–H and O–H groups in total. The number of carbonyl (C=O) groups is 3. The van der Waals surface area contributed by atoms with Gasteiger partial charge in [0.1, 0.15) is 11.6 Å². The number of amides is 3. The molecule has 1 heterocycles. The van der Waals surface area contributed by atoms with Gasteiger partial charge in [0.25, 0.3) is 11.8 Å². The molecule has 0 radical (unpaired) electrons. The lowest BCUT2D eigenvalue weighted by atomic mass is 10.2. The minimum atomic E-state index is -0.682. The van der Waals surface area contributed by atoms with Gasteiger partial charge >= 0.3 is 0 Å². The van der Waals surface area contributed by atoms with Crippen molar-refractivity contribution in [2.75, 3.05) is 17.2 Å². The highest BCUT2D eigenvalue weighted by Gasteiger charge is 2.23. The molecule has 3 amide bonds. The van der Waals surface area contributed by atoms with Gasteiger partial charge in [-0.05, 0) is 37.3 Å². The normalized spacial score (nSPS) is 15.3. The Morgan fingerprint density at radius 1 is 1.23 bits per heavy atom. The van der Waals surface area contributed by atoms with Gasteiger partial charge in [0.2, 0.25) is 5.91 Å². The Bertz CT molecular complexity index is 884.